The van der Waals surface area contributed by atoms with Crippen LogP contribution in [-0.4, -0.2) is 26.1 Å². The van der Waals surface area contributed by atoms with Crippen molar-refractivity contribution in [3.8, 4) is 34.5 Å². The second-order valence-corrected chi connectivity index (χ2v) is 21.5. The van der Waals surface area contributed by atoms with E-state index in [-0.39, 0.29) is 28.1 Å². The van der Waals surface area contributed by atoms with E-state index in [4.69, 9.17) is 23.7 Å². The molecule has 0 saturated carbocycles. The van der Waals surface area contributed by atoms with Crippen LogP contribution in [0.1, 0.15) is 154 Å². The van der Waals surface area contributed by atoms with E-state index in [9.17, 15) is 0 Å². The Morgan fingerprint density at radius 3 is 1.07 bits per heavy atom. The summed E-state index contributed by atoms with van der Waals surface area (Å²) in [4.78, 5) is 0. The summed E-state index contributed by atoms with van der Waals surface area (Å²) in [6.07, 6.45) is 0.895. The van der Waals surface area contributed by atoms with Gasteiger partial charge in [-0.1, -0.05) is 112 Å². The van der Waals surface area contributed by atoms with Crippen molar-refractivity contribution < 1.29 is 28.4 Å². The molecule has 0 aliphatic rings. The van der Waals surface area contributed by atoms with Crippen molar-refractivity contribution in [2.24, 2.45) is 0 Å². The Labute approximate surface area is 403 Å². The molecule has 6 nitrogen and oxygen atoms in total. The Morgan fingerprint density at radius 1 is 0.448 bits per heavy atom. The topological polar surface area (TPSA) is 59.0 Å². The van der Waals surface area contributed by atoms with Crippen LogP contribution in [0.5, 0.6) is 34.5 Å². The zero-order valence-electron chi connectivity index (χ0n) is 43.4. The predicted molar refractivity (Wildman–Crippen MR) is 278 cm³/mol. The molecule has 1 atom stereocenters. The second-order valence-electron chi connectivity index (χ2n) is 21.5. The van der Waals surface area contributed by atoms with Crippen LogP contribution in [-0.2, 0) is 36.1 Å². The molecule has 0 radical (unpaired) electrons. The molecule has 0 spiro atoms. The van der Waals surface area contributed by atoms with Gasteiger partial charge in [-0.15, -0.1) is 0 Å². The zero-order valence-corrected chi connectivity index (χ0v) is 43.4. The summed E-state index contributed by atoms with van der Waals surface area (Å²) in [6.45, 7) is 31.2. The molecule has 1 N–H and O–H groups in total. The van der Waals surface area contributed by atoms with Gasteiger partial charge in [0.2, 0.25) is 0 Å². The lowest BCUT2D eigenvalue weighted by molar-refractivity contribution is 0.136. The summed E-state index contributed by atoms with van der Waals surface area (Å²) in [5.41, 5.74) is 14.0. The van der Waals surface area contributed by atoms with Gasteiger partial charge in [0.1, 0.15) is 48.6 Å². The highest BCUT2D eigenvalue weighted by Crippen LogP contribution is 2.46. The molecular weight excluding hydrogens is 829 g/mol. The van der Waals surface area contributed by atoms with E-state index in [1.165, 1.54) is 50.1 Å². The molecule has 0 fully saturated rings. The Hall–Kier alpha value is -5.88. The van der Waals surface area contributed by atoms with Gasteiger partial charge in [0.25, 0.3) is 5.75 Å². The number of hydrogen-bond donors (Lipinski definition) is 0. The molecule has 0 aliphatic heterocycles. The fraction of sp³-hybridized carbons (Fsp3) is 0.410. The molecule has 6 rings (SSSR count). The summed E-state index contributed by atoms with van der Waals surface area (Å²) in [6, 6.07) is 38.7. The Bertz CT molecular complexity index is 2460. The molecule has 0 aromatic heterocycles. The maximum Gasteiger partial charge on any atom is 0.254 e. The monoisotopic (exact) mass is 906 g/mol. The summed E-state index contributed by atoms with van der Waals surface area (Å²) in [5.74, 6) is 5.68. The van der Waals surface area contributed by atoms with Crippen LogP contribution in [0.15, 0.2) is 109 Å². The normalized spacial score (nSPS) is 12.5. The van der Waals surface area contributed by atoms with Gasteiger partial charge in [-0.2, -0.15) is 0 Å². The molecular formula is C61H77O6+. The summed E-state index contributed by atoms with van der Waals surface area (Å²) in [5, 5.41) is 0. The summed E-state index contributed by atoms with van der Waals surface area (Å²) < 4.78 is 35.3. The van der Waals surface area contributed by atoms with Crippen LogP contribution in [0.25, 0.3) is 0 Å². The molecule has 0 saturated heterocycles. The molecule has 1 unspecified atom stereocenters. The highest BCUT2D eigenvalue weighted by Gasteiger charge is 2.31. The van der Waals surface area contributed by atoms with Gasteiger partial charge in [0.15, 0.2) is 7.11 Å². The van der Waals surface area contributed by atoms with Crippen molar-refractivity contribution >= 4 is 0 Å². The number of aliphatic hydroxyl groups is 1. The van der Waals surface area contributed by atoms with Gasteiger partial charge in [-0.3, -0.25) is 0 Å². The van der Waals surface area contributed by atoms with Gasteiger partial charge in [0, 0.05) is 18.1 Å². The first-order valence-electron chi connectivity index (χ1n) is 23.9. The third kappa shape index (κ3) is 12.6. The van der Waals surface area contributed by atoms with Gasteiger partial charge in [0.05, 0.1) is 14.2 Å². The number of hydrogen-bond acceptors (Lipinski definition) is 5. The van der Waals surface area contributed by atoms with Gasteiger partial charge in [-0.05, 0) is 171 Å². The van der Waals surface area contributed by atoms with Crippen molar-refractivity contribution in [3.05, 3.63) is 176 Å². The molecule has 6 aromatic carbocycles. The number of aryl methyl sites for hydroxylation is 3. The lowest BCUT2D eigenvalue weighted by Crippen LogP contribution is -2.19. The molecule has 67 heavy (non-hydrogen) atoms. The molecule has 6 heteroatoms. The Kier molecular flexibility index (Phi) is 15.8. The van der Waals surface area contributed by atoms with Crippen molar-refractivity contribution in [1.29, 1.82) is 0 Å². The quantitative estimate of drug-likeness (QED) is 0.0854. The number of benzene rings is 6. The van der Waals surface area contributed by atoms with Crippen LogP contribution < -0.4 is 23.7 Å². The minimum Gasteiger partial charge on any atom is -0.585 e. The van der Waals surface area contributed by atoms with E-state index in [1.54, 1.807) is 14.2 Å². The smallest absolute Gasteiger partial charge is 0.254 e. The van der Waals surface area contributed by atoms with Crippen molar-refractivity contribution in [2.45, 2.75) is 144 Å². The minimum atomic E-state index is -0.181. The van der Waals surface area contributed by atoms with E-state index >= 15 is 0 Å². The van der Waals surface area contributed by atoms with Crippen LogP contribution in [0.4, 0.5) is 0 Å². The van der Waals surface area contributed by atoms with Gasteiger partial charge < -0.3 is 28.4 Å². The first-order chi connectivity index (χ1) is 31.6. The first kappa shape index (κ1) is 50.5. The van der Waals surface area contributed by atoms with Crippen molar-refractivity contribution in [3.63, 3.8) is 0 Å². The van der Waals surface area contributed by atoms with Gasteiger partial charge >= 0.3 is 0 Å². The maximum atomic E-state index is 6.72. The largest absolute Gasteiger partial charge is 0.585 e. The van der Waals surface area contributed by atoms with E-state index in [0.29, 0.717) is 19.8 Å². The van der Waals surface area contributed by atoms with Crippen LogP contribution in [0, 0.1) is 20.8 Å². The minimum absolute atomic E-state index is 0.0646. The average molecular weight is 906 g/mol. The fourth-order valence-corrected chi connectivity index (χ4v) is 9.06. The maximum absolute atomic E-state index is 6.72. The van der Waals surface area contributed by atoms with Crippen molar-refractivity contribution in [2.75, 3.05) is 21.3 Å². The highest BCUT2D eigenvalue weighted by molar-refractivity contribution is 5.55. The fourth-order valence-electron chi connectivity index (χ4n) is 9.06. The number of methoxy groups -OCH3 is 2. The molecule has 6 aromatic rings. The van der Waals surface area contributed by atoms with Crippen LogP contribution >= 0.6 is 0 Å². The van der Waals surface area contributed by atoms with Crippen molar-refractivity contribution in [1.82, 2.24) is 0 Å². The van der Waals surface area contributed by atoms with E-state index < -0.39 is 0 Å². The van der Waals surface area contributed by atoms with Gasteiger partial charge in [-0.25, -0.2) is 0 Å². The van der Waals surface area contributed by atoms with Crippen LogP contribution in [0.2, 0.25) is 0 Å². The first-order valence-corrected chi connectivity index (χ1v) is 23.9. The van der Waals surface area contributed by atoms with E-state index in [0.717, 1.165) is 57.6 Å². The number of aromatic hydroxyl groups is 1. The van der Waals surface area contributed by atoms with E-state index in [2.05, 4.69) is 168 Å². The summed E-state index contributed by atoms with van der Waals surface area (Å²) in [7, 11) is 5.20. The number of ether oxygens (including phenoxy) is 6. The third-order valence-electron chi connectivity index (χ3n) is 13.1. The average Bonchev–Trinajstić information content (AvgIpc) is 3.28. The molecule has 0 aliphatic carbocycles. The molecule has 356 valence electrons. The van der Waals surface area contributed by atoms with Crippen LogP contribution in [0.3, 0.4) is 0 Å². The second kappa shape index (κ2) is 21.0. The zero-order chi connectivity index (χ0) is 48.8. The molecule has 0 amide bonds. The Balaban J connectivity index is 1.45. The highest BCUT2D eigenvalue weighted by atomic mass is 16.5. The summed E-state index contributed by atoms with van der Waals surface area (Å²) >= 11 is 0. The Morgan fingerprint density at radius 2 is 0.761 bits per heavy atom. The standard InChI is InChI=1S/C61H76O6/c1-39(49-33-53(59(5,6)7)56(30-40(49)2)65-36-43-17-23-46(62-14)24-18-43)29-52(50-34-54(60(8,9)10)57(31-41(50)3)66-37-44-19-25-47(63-15)26-20-44)51-35-55(61(11,12)13)58(32-42(51)4)67-38-45-21-27-48(64-16)28-22-45/h17-28,30-35,39,52H,29,36-38H2,1-16H3/p+1. The third-order valence-corrected chi connectivity index (χ3v) is 13.1. The number of rotatable bonds is 17. The molecule has 0 bridgehead atoms. The molecule has 0 heterocycles. The van der Waals surface area contributed by atoms with E-state index in [1.807, 2.05) is 43.5 Å². The lowest BCUT2D eigenvalue weighted by atomic mass is 9.74. The predicted octanol–water partition coefficient (Wildman–Crippen LogP) is 15.5. The lowest BCUT2D eigenvalue weighted by Gasteiger charge is -2.32. The SMILES string of the molecule is COc1ccc(COc2cc(C)c(C(CC(C)c3cc(C(C)(C)C)c(OCc4ccc([OH+]C)cc4)cc3C)c3cc(C(C)(C)C)c(OCc4ccc(OC)cc4)cc3C)cc2C(C)(C)C)cc1.